The van der Waals surface area contributed by atoms with E-state index >= 15 is 0 Å². The molecule has 2 fully saturated rings. The van der Waals surface area contributed by atoms with Gasteiger partial charge in [-0.15, -0.1) is 0 Å². The van der Waals surface area contributed by atoms with Crippen LogP contribution in [0.5, 0.6) is 5.75 Å². The summed E-state index contributed by atoms with van der Waals surface area (Å²) in [6.07, 6.45) is 8.62. The molecule has 1 aromatic carbocycles. The highest BCUT2D eigenvalue weighted by Gasteiger charge is 2.41. The van der Waals surface area contributed by atoms with Crippen LogP contribution in [-0.2, 0) is 6.42 Å². The Bertz CT molecular complexity index is 843. The number of nitrogens with one attached hydrogen (secondary N) is 1. The van der Waals surface area contributed by atoms with Crippen molar-refractivity contribution >= 4 is 0 Å². The summed E-state index contributed by atoms with van der Waals surface area (Å²) >= 11 is 0. The largest absolute Gasteiger partial charge is 0.487 e. The van der Waals surface area contributed by atoms with Gasteiger partial charge in [0.25, 0.3) is 5.56 Å². The molecule has 0 radical (unpaired) electrons. The van der Waals surface area contributed by atoms with E-state index in [0.29, 0.717) is 0 Å². The van der Waals surface area contributed by atoms with Crippen molar-refractivity contribution in [3.8, 4) is 17.0 Å². The first kappa shape index (κ1) is 16.1. The molecule has 2 aromatic rings. The fraction of sp³-hybridized carbons (Fsp3) is 0.524. The van der Waals surface area contributed by atoms with Crippen LogP contribution in [0.3, 0.4) is 0 Å². The smallest absolute Gasteiger partial charge is 0.264 e. The Morgan fingerprint density at radius 2 is 1.96 bits per heavy atom. The van der Waals surface area contributed by atoms with E-state index in [1.54, 1.807) is 6.07 Å². The summed E-state index contributed by atoms with van der Waals surface area (Å²) < 4.78 is 6.55. The van der Waals surface area contributed by atoms with E-state index in [4.69, 9.17) is 4.74 Å². The van der Waals surface area contributed by atoms with Gasteiger partial charge in [0.2, 0.25) is 0 Å². The maximum atomic E-state index is 11.2. The number of aromatic nitrogens is 2. The molecule has 1 aliphatic carbocycles. The van der Waals surface area contributed by atoms with Crippen LogP contribution in [0, 0.1) is 0 Å². The van der Waals surface area contributed by atoms with E-state index in [0.717, 1.165) is 48.7 Å². The van der Waals surface area contributed by atoms with Gasteiger partial charge < -0.3 is 9.64 Å². The second kappa shape index (κ2) is 6.23. The van der Waals surface area contributed by atoms with Crippen LogP contribution in [-0.4, -0.2) is 39.8 Å². The Labute approximate surface area is 153 Å². The predicted octanol–water partition coefficient (Wildman–Crippen LogP) is 3.15. The molecule has 1 spiro atoms. The van der Waals surface area contributed by atoms with Crippen molar-refractivity contribution in [3.05, 3.63) is 46.2 Å². The molecule has 5 heteroatoms. The Morgan fingerprint density at radius 3 is 2.65 bits per heavy atom. The lowest BCUT2D eigenvalue weighted by molar-refractivity contribution is -0.0336. The number of fused-ring (bicyclic) bond motifs is 1. The summed E-state index contributed by atoms with van der Waals surface area (Å²) in [7, 11) is 0. The quantitative estimate of drug-likeness (QED) is 0.903. The molecule has 5 nitrogen and oxygen atoms in total. The fourth-order valence-corrected chi connectivity index (χ4v) is 4.59. The van der Waals surface area contributed by atoms with Crippen molar-refractivity contribution in [1.82, 2.24) is 15.1 Å². The van der Waals surface area contributed by atoms with E-state index in [9.17, 15) is 4.79 Å². The van der Waals surface area contributed by atoms with Gasteiger partial charge in [-0.05, 0) is 68.4 Å². The van der Waals surface area contributed by atoms with Gasteiger partial charge in [-0.3, -0.25) is 4.79 Å². The van der Waals surface area contributed by atoms with Crippen molar-refractivity contribution in [1.29, 1.82) is 0 Å². The van der Waals surface area contributed by atoms with Gasteiger partial charge in [0, 0.05) is 30.8 Å². The molecule has 0 bridgehead atoms. The van der Waals surface area contributed by atoms with Gasteiger partial charge >= 0.3 is 0 Å². The van der Waals surface area contributed by atoms with Crippen LogP contribution in [0.4, 0.5) is 0 Å². The third-order valence-electron chi connectivity index (χ3n) is 6.51. The minimum Gasteiger partial charge on any atom is -0.487 e. The molecule has 5 rings (SSSR count). The number of aromatic amines is 1. The summed E-state index contributed by atoms with van der Waals surface area (Å²) in [6.45, 7) is 2.36. The standard InChI is InChI=1S/C21H25N3O2/c25-20-7-5-18(22-23-20)15-4-6-19-16(14-15)8-9-21(26-19)10-12-24(13-11-21)17-2-1-3-17/h4-7,14,17H,1-3,8-13H2,(H,23,25). The van der Waals surface area contributed by atoms with Gasteiger partial charge in [0.05, 0.1) is 5.69 Å². The first-order valence-corrected chi connectivity index (χ1v) is 9.83. The first-order chi connectivity index (χ1) is 12.7. The zero-order valence-electron chi connectivity index (χ0n) is 15.0. The summed E-state index contributed by atoms with van der Waals surface area (Å²) in [5.74, 6) is 1.03. The van der Waals surface area contributed by atoms with Crippen LogP contribution < -0.4 is 10.3 Å². The van der Waals surface area contributed by atoms with Gasteiger partial charge in [0.1, 0.15) is 11.4 Å². The molecule has 1 N–H and O–H groups in total. The number of piperidine rings is 1. The monoisotopic (exact) mass is 351 g/mol. The maximum absolute atomic E-state index is 11.2. The lowest BCUT2D eigenvalue weighted by atomic mass is 9.81. The minimum absolute atomic E-state index is 0.0327. The molecule has 3 aliphatic rings. The number of aryl methyl sites for hydroxylation is 1. The second-order valence-corrected chi connectivity index (χ2v) is 8.03. The summed E-state index contributed by atoms with van der Waals surface area (Å²) in [5, 5.41) is 6.64. The van der Waals surface area contributed by atoms with Gasteiger partial charge in [-0.25, -0.2) is 5.10 Å². The highest BCUT2D eigenvalue weighted by atomic mass is 16.5. The van der Waals surface area contributed by atoms with E-state index in [1.807, 2.05) is 6.07 Å². The molecule has 3 heterocycles. The molecular weight excluding hydrogens is 326 g/mol. The summed E-state index contributed by atoms with van der Waals surface area (Å²) in [5.41, 5.74) is 2.93. The first-order valence-electron chi connectivity index (χ1n) is 9.83. The maximum Gasteiger partial charge on any atom is 0.264 e. The van der Waals surface area contributed by atoms with Gasteiger partial charge in [-0.2, -0.15) is 5.10 Å². The fourth-order valence-electron chi connectivity index (χ4n) is 4.59. The average Bonchev–Trinajstić information content (AvgIpc) is 2.63. The van der Waals surface area contributed by atoms with E-state index in [1.165, 1.54) is 44.0 Å². The molecule has 1 aromatic heterocycles. The number of H-pyrrole nitrogens is 1. The Morgan fingerprint density at radius 1 is 1.12 bits per heavy atom. The van der Waals surface area contributed by atoms with Gasteiger partial charge in [0.15, 0.2) is 0 Å². The SMILES string of the molecule is O=c1ccc(-c2ccc3c(c2)CCC2(CCN(C4CCC4)CC2)O3)n[nH]1. The average molecular weight is 351 g/mol. The van der Waals surface area contributed by atoms with Crippen molar-refractivity contribution in [3.63, 3.8) is 0 Å². The van der Waals surface area contributed by atoms with Crippen LogP contribution in [0.2, 0.25) is 0 Å². The van der Waals surface area contributed by atoms with Crippen LogP contribution in [0.15, 0.2) is 35.1 Å². The highest BCUT2D eigenvalue weighted by Crippen LogP contribution is 2.41. The van der Waals surface area contributed by atoms with Crippen molar-refractivity contribution < 1.29 is 4.74 Å². The number of hydrogen-bond donors (Lipinski definition) is 1. The normalized spacial score (nSPS) is 22.5. The lowest BCUT2D eigenvalue weighted by Crippen LogP contribution is -2.53. The third kappa shape index (κ3) is 2.84. The Balaban J connectivity index is 1.32. The summed E-state index contributed by atoms with van der Waals surface area (Å²) in [6, 6.07) is 10.4. The minimum atomic E-state index is -0.176. The Hall–Kier alpha value is -2.14. The molecule has 0 unspecified atom stereocenters. The Kier molecular flexibility index (Phi) is 3.85. The molecule has 1 saturated carbocycles. The highest BCUT2D eigenvalue weighted by molar-refractivity contribution is 5.61. The zero-order chi connectivity index (χ0) is 17.6. The molecule has 2 aliphatic heterocycles. The zero-order valence-corrected chi connectivity index (χ0v) is 15.0. The second-order valence-electron chi connectivity index (χ2n) is 8.03. The lowest BCUT2D eigenvalue weighted by Gasteiger charge is -2.48. The number of ether oxygens (including phenoxy) is 1. The summed E-state index contributed by atoms with van der Waals surface area (Å²) in [4.78, 5) is 13.9. The molecular formula is C21H25N3O2. The molecule has 26 heavy (non-hydrogen) atoms. The van der Waals surface area contributed by atoms with E-state index in [2.05, 4.69) is 27.2 Å². The van der Waals surface area contributed by atoms with Crippen LogP contribution in [0.1, 0.15) is 44.1 Å². The molecule has 136 valence electrons. The molecule has 1 saturated heterocycles. The van der Waals surface area contributed by atoms with Crippen molar-refractivity contribution in [2.75, 3.05) is 13.1 Å². The number of benzene rings is 1. The third-order valence-corrected chi connectivity index (χ3v) is 6.51. The van der Waals surface area contributed by atoms with E-state index < -0.39 is 0 Å². The number of likely N-dealkylation sites (tertiary alicyclic amines) is 1. The van der Waals surface area contributed by atoms with Crippen LogP contribution >= 0.6 is 0 Å². The molecule has 0 amide bonds. The van der Waals surface area contributed by atoms with Crippen LogP contribution in [0.25, 0.3) is 11.3 Å². The van der Waals surface area contributed by atoms with Gasteiger partial charge in [-0.1, -0.05) is 6.42 Å². The number of rotatable bonds is 2. The topological polar surface area (TPSA) is 58.2 Å². The number of nitrogens with zero attached hydrogens (tertiary/aromatic N) is 2. The van der Waals surface area contributed by atoms with Crippen molar-refractivity contribution in [2.24, 2.45) is 0 Å². The predicted molar refractivity (Wildman–Crippen MR) is 100 cm³/mol. The van der Waals surface area contributed by atoms with Crippen molar-refractivity contribution in [2.45, 2.75) is 56.6 Å². The van der Waals surface area contributed by atoms with E-state index in [-0.39, 0.29) is 11.2 Å². The number of hydrogen-bond acceptors (Lipinski definition) is 4. The molecule has 0 atom stereocenters.